The van der Waals surface area contributed by atoms with E-state index in [-0.39, 0.29) is 0 Å². The van der Waals surface area contributed by atoms with Crippen LogP contribution in [-0.2, 0) is 4.79 Å². The highest BCUT2D eigenvalue weighted by molar-refractivity contribution is 5.86. The Balaban J connectivity index is 2.51. The predicted molar refractivity (Wildman–Crippen MR) is 65.4 cm³/mol. The van der Waals surface area contributed by atoms with Crippen LogP contribution < -0.4 is 0 Å². The molecule has 0 radical (unpaired) electrons. The molecule has 2 unspecified atom stereocenters. The van der Waals surface area contributed by atoms with Crippen LogP contribution in [0.5, 0.6) is 0 Å². The number of carboxylic acid groups (broad SMARTS) is 1. The fourth-order valence-electron chi connectivity index (χ4n) is 2.34. The van der Waals surface area contributed by atoms with Crippen LogP contribution in [0.25, 0.3) is 0 Å². The molecule has 0 spiro atoms. The summed E-state index contributed by atoms with van der Waals surface area (Å²) in [5.41, 5.74) is 0.533. The number of hydrogen-bond acceptors (Lipinski definition) is 2. The van der Waals surface area contributed by atoms with Gasteiger partial charge in [0.2, 0.25) is 0 Å². The Morgan fingerprint density at radius 2 is 2.19 bits per heavy atom. The highest BCUT2D eigenvalue weighted by Crippen LogP contribution is 2.21. The normalized spacial score (nSPS) is 28.1. The van der Waals surface area contributed by atoms with Crippen LogP contribution in [0.15, 0.2) is 11.6 Å². The molecule has 16 heavy (non-hydrogen) atoms. The van der Waals surface area contributed by atoms with Gasteiger partial charge in [0.1, 0.15) is 0 Å². The van der Waals surface area contributed by atoms with Crippen LogP contribution in [0, 0.1) is 5.92 Å². The molecule has 0 saturated carbocycles. The average Bonchev–Trinajstić information content (AvgIpc) is 2.21. The van der Waals surface area contributed by atoms with Gasteiger partial charge in [-0.25, -0.2) is 4.79 Å². The maximum absolute atomic E-state index is 10.9. The fraction of sp³-hybridized carbons (Fsp3) is 0.769. The molecule has 0 aromatic heterocycles. The summed E-state index contributed by atoms with van der Waals surface area (Å²) in [4.78, 5) is 13.2. The van der Waals surface area contributed by atoms with Crippen molar-refractivity contribution in [3.8, 4) is 0 Å². The number of carboxylic acids is 1. The lowest BCUT2D eigenvalue weighted by Gasteiger charge is -2.35. The quantitative estimate of drug-likeness (QED) is 0.747. The van der Waals surface area contributed by atoms with E-state index in [9.17, 15) is 4.79 Å². The lowest BCUT2D eigenvalue weighted by molar-refractivity contribution is -0.132. The lowest BCUT2D eigenvalue weighted by atomic mass is 9.93. The van der Waals surface area contributed by atoms with E-state index in [0.29, 0.717) is 18.0 Å². The van der Waals surface area contributed by atoms with E-state index in [1.165, 1.54) is 12.8 Å². The summed E-state index contributed by atoms with van der Waals surface area (Å²) in [6, 6.07) is 0.576. The van der Waals surface area contributed by atoms with Crippen LogP contribution in [0.1, 0.15) is 40.0 Å². The number of hydrogen-bond donors (Lipinski definition) is 1. The number of nitrogens with zero attached hydrogens (tertiary/aromatic N) is 1. The smallest absolute Gasteiger partial charge is 0.331 e. The molecule has 0 aromatic carbocycles. The molecular formula is C13H23NO2. The van der Waals surface area contributed by atoms with Gasteiger partial charge in [0, 0.05) is 18.2 Å². The Labute approximate surface area is 98.1 Å². The monoisotopic (exact) mass is 225 g/mol. The summed E-state index contributed by atoms with van der Waals surface area (Å²) in [7, 11) is 0. The second kappa shape index (κ2) is 6.04. The zero-order valence-corrected chi connectivity index (χ0v) is 10.6. The first-order valence-electron chi connectivity index (χ1n) is 6.21. The van der Waals surface area contributed by atoms with Crippen molar-refractivity contribution in [2.75, 3.05) is 13.1 Å². The molecule has 1 saturated heterocycles. The van der Waals surface area contributed by atoms with Crippen LogP contribution in [-0.4, -0.2) is 35.1 Å². The molecule has 1 N–H and O–H groups in total. The highest BCUT2D eigenvalue weighted by Gasteiger charge is 2.21. The van der Waals surface area contributed by atoms with E-state index < -0.39 is 5.97 Å². The SMILES string of the molecule is CCC(=CCN1CCC(C)CC1C)C(=O)O. The van der Waals surface area contributed by atoms with E-state index in [1.807, 2.05) is 13.0 Å². The number of aliphatic carboxylic acids is 1. The third kappa shape index (κ3) is 3.63. The lowest BCUT2D eigenvalue weighted by Crippen LogP contribution is -2.40. The van der Waals surface area contributed by atoms with Gasteiger partial charge in [0.25, 0.3) is 0 Å². The van der Waals surface area contributed by atoms with E-state index >= 15 is 0 Å². The molecule has 92 valence electrons. The first kappa shape index (κ1) is 13.2. The molecule has 1 fully saturated rings. The average molecular weight is 225 g/mol. The number of carbonyl (C=O) groups is 1. The maximum Gasteiger partial charge on any atom is 0.331 e. The van der Waals surface area contributed by atoms with Gasteiger partial charge in [-0.2, -0.15) is 0 Å². The van der Waals surface area contributed by atoms with Crippen LogP contribution >= 0.6 is 0 Å². The molecule has 3 heteroatoms. The molecule has 0 amide bonds. The van der Waals surface area contributed by atoms with Crippen molar-refractivity contribution in [3.63, 3.8) is 0 Å². The van der Waals surface area contributed by atoms with Crippen molar-refractivity contribution in [2.45, 2.75) is 46.1 Å². The molecule has 1 aliphatic heterocycles. The Bertz CT molecular complexity index is 273. The minimum atomic E-state index is -0.777. The zero-order chi connectivity index (χ0) is 12.1. The van der Waals surface area contributed by atoms with E-state index in [4.69, 9.17) is 5.11 Å². The van der Waals surface area contributed by atoms with E-state index in [1.54, 1.807) is 0 Å². The molecule has 2 atom stereocenters. The molecule has 1 rings (SSSR count). The van der Waals surface area contributed by atoms with Gasteiger partial charge in [-0.1, -0.05) is 19.9 Å². The van der Waals surface area contributed by atoms with Gasteiger partial charge in [-0.15, -0.1) is 0 Å². The van der Waals surface area contributed by atoms with Crippen LogP contribution in [0.3, 0.4) is 0 Å². The highest BCUT2D eigenvalue weighted by atomic mass is 16.4. The third-order valence-corrected chi connectivity index (χ3v) is 3.50. The summed E-state index contributed by atoms with van der Waals surface area (Å²) in [5.74, 6) is 0.0286. The maximum atomic E-state index is 10.9. The summed E-state index contributed by atoms with van der Waals surface area (Å²) >= 11 is 0. The molecule has 0 aliphatic carbocycles. The van der Waals surface area contributed by atoms with Crippen molar-refractivity contribution in [2.24, 2.45) is 5.92 Å². The van der Waals surface area contributed by atoms with Gasteiger partial charge in [-0.05, 0) is 38.6 Å². The van der Waals surface area contributed by atoms with E-state index in [2.05, 4.69) is 18.7 Å². The molecular weight excluding hydrogens is 202 g/mol. The minimum absolute atomic E-state index is 0.533. The van der Waals surface area contributed by atoms with Gasteiger partial charge in [-0.3, -0.25) is 4.90 Å². The summed E-state index contributed by atoms with van der Waals surface area (Å²) < 4.78 is 0. The van der Waals surface area contributed by atoms with Crippen LogP contribution in [0.4, 0.5) is 0 Å². The molecule has 3 nitrogen and oxygen atoms in total. The Hall–Kier alpha value is -0.830. The van der Waals surface area contributed by atoms with Gasteiger partial charge in [0.15, 0.2) is 0 Å². The minimum Gasteiger partial charge on any atom is -0.478 e. The number of piperidine rings is 1. The van der Waals surface area contributed by atoms with Gasteiger partial charge >= 0.3 is 5.97 Å². The standard InChI is InChI=1S/C13H23NO2/c1-4-12(13(15)16)6-8-14-7-5-10(2)9-11(14)3/h6,10-11H,4-5,7-9H2,1-3H3,(H,15,16). The van der Waals surface area contributed by atoms with Crippen molar-refractivity contribution in [1.82, 2.24) is 4.90 Å². The van der Waals surface area contributed by atoms with E-state index in [0.717, 1.165) is 19.0 Å². The molecule has 1 heterocycles. The largest absolute Gasteiger partial charge is 0.478 e. The molecule has 0 aromatic rings. The zero-order valence-electron chi connectivity index (χ0n) is 10.6. The predicted octanol–water partition coefficient (Wildman–Crippen LogP) is 2.53. The fourth-order valence-corrected chi connectivity index (χ4v) is 2.34. The first-order chi connectivity index (χ1) is 7.54. The van der Waals surface area contributed by atoms with Gasteiger partial charge < -0.3 is 5.11 Å². The van der Waals surface area contributed by atoms with Crippen molar-refractivity contribution in [1.29, 1.82) is 0 Å². The summed E-state index contributed by atoms with van der Waals surface area (Å²) in [6.45, 7) is 8.29. The van der Waals surface area contributed by atoms with Crippen molar-refractivity contribution < 1.29 is 9.90 Å². The Morgan fingerprint density at radius 3 is 2.69 bits per heavy atom. The van der Waals surface area contributed by atoms with Crippen LogP contribution in [0.2, 0.25) is 0 Å². The number of rotatable bonds is 4. The second-order valence-electron chi connectivity index (χ2n) is 4.86. The Kier molecular flexibility index (Phi) is 5.00. The second-order valence-corrected chi connectivity index (χ2v) is 4.86. The molecule has 1 aliphatic rings. The van der Waals surface area contributed by atoms with Crippen molar-refractivity contribution >= 4 is 5.97 Å². The topological polar surface area (TPSA) is 40.5 Å². The third-order valence-electron chi connectivity index (χ3n) is 3.50. The first-order valence-corrected chi connectivity index (χ1v) is 6.21. The summed E-state index contributed by atoms with van der Waals surface area (Å²) in [5, 5.41) is 8.92. The molecule has 0 bridgehead atoms. The number of likely N-dealkylation sites (tertiary alicyclic amines) is 1. The summed E-state index contributed by atoms with van der Waals surface area (Å²) in [6.07, 6.45) is 4.93. The van der Waals surface area contributed by atoms with Gasteiger partial charge in [0.05, 0.1) is 0 Å². The Morgan fingerprint density at radius 1 is 1.50 bits per heavy atom. The van der Waals surface area contributed by atoms with Crippen molar-refractivity contribution in [3.05, 3.63) is 11.6 Å².